The van der Waals surface area contributed by atoms with Crippen molar-refractivity contribution in [2.45, 2.75) is 50.3 Å². The Kier molecular flexibility index (Phi) is 11.3. The van der Waals surface area contributed by atoms with Crippen LogP contribution in [0.2, 0.25) is 0 Å². The number of halogens is 1. The van der Waals surface area contributed by atoms with Crippen molar-refractivity contribution in [3.05, 3.63) is 0 Å². The van der Waals surface area contributed by atoms with Crippen molar-refractivity contribution in [1.82, 2.24) is 14.9 Å². The van der Waals surface area contributed by atoms with Gasteiger partial charge in [-0.05, 0) is 45.8 Å². The lowest BCUT2D eigenvalue weighted by molar-refractivity contribution is 0.0794. The number of hydrogen-bond donors (Lipinski definition) is 2. The minimum Gasteiger partial charge on any atom is -0.381 e. The molecule has 0 spiro atoms. The van der Waals surface area contributed by atoms with Gasteiger partial charge < -0.3 is 15.4 Å². The Morgan fingerprint density at radius 3 is 2.41 bits per heavy atom. The number of sulfonamides is 1. The lowest BCUT2D eigenvalue weighted by atomic mass is 9.99. The Bertz CT molecular complexity index is 561. The standard InChI is InChI=1S/C17H34N4O3S2.HI/c1-4-18-16(19-14-17(25-3)8-12-24-13-9-17)20-15-6-10-21(11-7-15)26(22,23)5-2;/h15H,4-14H2,1-3H3,(H2,18,19,20);1H. The SMILES string of the molecule is CCNC(=NCC1(SC)CCOCC1)NC1CCN(S(=O)(=O)CC)CC1.I. The van der Waals surface area contributed by atoms with Gasteiger partial charge in [-0.2, -0.15) is 11.8 Å². The second kappa shape index (κ2) is 12.0. The van der Waals surface area contributed by atoms with Crippen LogP contribution in [-0.2, 0) is 14.8 Å². The van der Waals surface area contributed by atoms with Crippen molar-refractivity contribution in [1.29, 1.82) is 0 Å². The summed E-state index contributed by atoms with van der Waals surface area (Å²) in [5, 5.41) is 6.83. The maximum Gasteiger partial charge on any atom is 0.213 e. The fourth-order valence-corrected chi connectivity index (χ4v) is 5.27. The van der Waals surface area contributed by atoms with Crippen molar-refractivity contribution in [2.75, 3.05) is 51.4 Å². The lowest BCUT2D eigenvalue weighted by Crippen LogP contribution is -2.50. The number of thioether (sulfide) groups is 1. The molecular weight excluding hydrogens is 499 g/mol. The molecule has 0 aliphatic carbocycles. The Balaban J connectivity index is 0.00000364. The van der Waals surface area contributed by atoms with E-state index < -0.39 is 10.0 Å². The van der Waals surface area contributed by atoms with Crippen LogP contribution in [0.5, 0.6) is 0 Å². The van der Waals surface area contributed by atoms with E-state index >= 15 is 0 Å². The fourth-order valence-electron chi connectivity index (χ4n) is 3.37. The summed E-state index contributed by atoms with van der Waals surface area (Å²) in [7, 11) is -3.07. The number of nitrogens with zero attached hydrogens (tertiary/aromatic N) is 2. The molecule has 0 aromatic heterocycles. The molecule has 2 saturated heterocycles. The molecule has 2 fully saturated rings. The van der Waals surface area contributed by atoms with Crippen molar-refractivity contribution < 1.29 is 13.2 Å². The predicted molar refractivity (Wildman–Crippen MR) is 125 cm³/mol. The van der Waals surface area contributed by atoms with Crippen LogP contribution in [-0.4, -0.2) is 80.9 Å². The van der Waals surface area contributed by atoms with Crippen LogP contribution in [0.1, 0.15) is 39.5 Å². The van der Waals surface area contributed by atoms with Gasteiger partial charge in [0.25, 0.3) is 0 Å². The van der Waals surface area contributed by atoms with Gasteiger partial charge in [0.2, 0.25) is 10.0 Å². The predicted octanol–water partition coefficient (Wildman–Crippen LogP) is 1.89. The summed E-state index contributed by atoms with van der Waals surface area (Å²) in [6.45, 7) is 8.13. The van der Waals surface area contributed by atoms with Gasteiger partial charge in [-0.15, -0.1) is 24.0 Å². The minimum absolute atomic E-state index is 0. The summed E-state index contributed by atoms with van der Waals surface area (Å²) in [6.07, 6.45) is 5.84. The van der Waals surface area contributed by atoms with E-state index in [1.807, 2.05) is 11.8 Å². The molecule has 2 heterocycles. The molecule has 0 radical (unpaired) electrons. The van der Waals surface area contributed by atoms with Crippen molar-refractivity contribution in [3.63, 3.8) is 0 Å². The Morgan fingerprint density at radius 2 is 1.89 bits per heavy atom. The van der Waals surface area contributed by atoms with Gasteiger partial charge in [-0.1, -0.05) is 0 Å². The Hall–Kier alpha value is 0.220. The second-order valence-electron chi connectivity index (χ2n) is 6.91. The highest BCUT2D eigenvalue weighted by Gasteiger charge is 2.32. The van der Waals surface area contributed by atoms with Crippen molar-refractivity contribution >= 4 is 51.7 Å². The summed E-state index contributed by atoms with van der Waals surface area (Å²) in [5.74, 6) is 1.01. The second-order valence-corrected chi connectivity index (χ2v) is 10.4. The van der Waals surface area contributed by atoms with Gasteiger partial charge in [-0.25, -0.2) is 12.7 Å². The maximum atomic E-state index is 12.0. The van der Waals surface area contributed by atoms with E-state index in [4.69, 9.17) is 9.73 Å². The van der Waals surface area contributed by atoms with Gasteiger partial charge in [0.05, 0.1) is 12.3 Å². The Morgan fingerprint density at radius 1 is 1.26 bits per heavy atom. The molecule has 10 heteroatoms. The van der Waals surface area contributed by atoms with E-state index in [1.54, 1.807) is 11.2 Å². The first kappa shape index (κ1) is 25.3. The molecule has 160 valence electrons. The number of guanidine groups is 1. The summed E-state index contributed by atoms with van der Waals surface area (Å²) < 4.78 is 31.3. The first-order valence-electron chi connectivity index (χ1n) is 9.60. The van der Waals surface area contributed by atoms with Crippen molar-refractivity contribution in [2.24, 2.45) is 4.99 Å². The molecule has 2 aliphatic heterocycles. The highest BCUT2D eigenvalue weighted by atomic mass is 127. The molecular formula is C17H35IN4O3S2. The van der Waals surface area contributed by atoms with Gasteiger partial charge in [0, 0.05) is 43.6 Å². The zero-order valence-corrected chi connectivity index (χ0v) is 20.7. The Labute approximate surface area is 185 Å². The van der Waals surface area contributed by atoms with Crippen LogP contribution in [0, 0.1) is 0 Å². The number of aliphatic imine (C=N–C) groups is 1. The molecule has 0 saturated carbocycles. The highest BCUT2D eigenvalue weighted by molar-refractivity contribution is 14.0. The molecule has 0 amide bonds. The summed E-state index contributed by atoms with van der Waals surface area (Å²) >= 11 is 1.89. The molecule has 0 unspecified atom stereocenters. The zero-order chi connectivity index (χ0) is 19.0. The number of rotatable bonds is 7. The molecule has 0 aromatic carbocycles. The quantitative estimate of drug-likeness (QED) is 0.295. The minimum atomic E-state index is -3.07. The summed E-state index contributed by atoms with van der Waals surface area (Å²) in [6, 6.07) is 0.260. The molecule has 0 bridgehead atoms. The third kappa shape index (κ3) is 7.52. The summed E-state index contributed by atoms with van der Waals surface area (Å²) in [4.78, 5) is 4.84. The first-order chi connectivity index (χ1) is 12.4. The van der Waals surface area contributed by atoms with Gasteiger partial charge in [0.1, 0.15) is 0 Å². The monoisotopic (exact) mass is 534 g/mol. The van der Waals surface area contributed by atoms with E-state index in [0.717, 1.165) is 57.9 Å². The maximum absolute atomic E-state index is 12.0. The molecule has 2 rings (SSSR count). The zero-order valence-electron chi connectivity index (χ0n) is 16.7. The topological polar surface area (TPSA) is 83.0 Å². The van der Waals surface area contributed by atoms with Crippen LogP contribution in [0.3, 0.4) is 0 Å². The third-order valence-electron chi connectivity index (χ3n) is 5.26. The highest BCUT2D eigenvalue weighted by Crippen LogP contribution is 2.34. The smallest absolute Gasteiger partial charge is 0.213 e. The van der Waals surface area contributed by atoms with Crippen LogP contribution in [0.4, 0.5) is 0 Å². The lowest BCUT2D eigenvalue weighted by Gasteiger charge is -2.35. The van der Waals surface area contributed by atoms with E-state index in [2.05, 4.69) is 23.8 Å². The average molecular weight is 535 g/mol. The molecule has 27 heavy (non-hydrogen) atoms. The number of piperidine rings is 1. The van der Waals surface area contributed by atoms with Crippen LogP contribution in [0.25, 0.3) is 0 Å². The van der Waals surface area contributed by atoms with Crippen LogP contribution >= 0.6 is 35.7 Å². The molecule has 2 aliphatic rings. The average Bonchev–Trinajstić information content (AvgIpc) is 2.67. The normalized spacial score (nSPS) is 22.1. The van der Waals surface area contributed by atoms with Crippen molar-refractivity contribution in [3.8, 4) is 0 Å². The van der Waals surface area contributed by atoms with E-state index in [0.29, 0.717) is 13.1 Å². The molecule has 0 aromatic rings. The van der Waals surface area contributed by atoms with E-state index in [9.17, 15) is 8.42 Å². The summed E-state index contributed by atoms with van der Waals surface area (Å²) in [5.41, 5.74) is 0. The number of nitrogens with one attached hydrogen (secondary N) is 2. The molecule has 2 N–H and O–H groups in total. The first-order valence-corrected chi connectivity index (χ1v) is 12.4. The molecule has 7 nitrogen and oxygen atoms in total. The van der Waals surface area contributed by atoms with Crippen LogP contribution in [0.15, 0.2) is 4.99 Å². The largest absolute Gasteiger partial charge is 0.381 e. The van der Waals surface area contributed by atoms with Gasteiger partial charge in [0.15, 0.2) is 5.96 Å². The van der Waals surface area contributed by atoms with E-state index in [1.165, 1.54) is 0 Å². The number of ether oxygens (including phenoxy) is 1. The van der Waals surface area contributed by atoms with Crippen LogP contribution < -0.4 is 10.6 Å². The number of hydrogen-bond acceptors (Lipinski definition) is 5. The fraction of sp³-hybridized carbons (Fsp3) is 0.941. The third-order valence-corrected chi connectivity index (χ3v) is 8.54. The van der Waals surface area contributed by atoms with Gasteiger partial charge >= 0.3 is 0 Å². The molecule has 0 atom stereocenters. The van der Waals surface area contributed by atoms with Gasteiger partial charge in [-0.3, -0.25) is 4.99 Å². The van der Waals surface area contributed by atoms with E-state index in [-0.39, 0.29) is 40.5 Å².